The third kappa shape index (κ3) is 6.52. The molecule has 1 saturated heterocycles. The maximum atomic E-state index is 14.4. The minimum atomic E-state index is -0.606. The number of amides is 1. The number of pyridine rings is 1. The Kier molecular flexibility index (Phi) is 8.47. The number of aryl methyl sites for hydroxylation is 1. The fourth-order valence-corrected chi connectivity index (χ4v) is 5.12. The van der Waals surface area contributed by atoms with Gasteiger partial charge in [0, 0.05) is 24.2 Å². The molecular formula is C31H35FN6O5. The number of methoxy groups -OCH3 is 1. The number of aromatic nitrogens is 4. The van der Waals surface area contributed by atoms with Crippen LogP contribution in [0.5, 0.6) is 5.88 Å². The predicted octanol–water partition coefficient (Wildman–Crippen LogP) is 5.42. The van der Waals surface area contributed by atoms with Gasteiger partial charge in [0.1, 0.15) is 29.4 Å². The van der Waals surface area contributed by atoms with Gasteiger partial charge >= 0.3 is 12.1 Å². The first kappa shape index (κ1) is 29.7. The van der Waals surface area contributed by atoms with Crippen molar-refractivity contribution in [3.63, 3.8) is 0 Å². The number of carbonyl (C=O) groups is 2. The molecule has 4 heterocycles. The van der Waals surface area contributed by atoms with Gasteiger partial charge in [-0.1, -0.05) is 30.3 Å². The average Bonchev–Trinajstić information content (AvgIpc) is 3.62. The molecular weight excluding hydrogens is 555 g/mol. The molecule has 1 aromatic carbocycles. The van der Waals surface area contributed by atoms with Crippen molar-refractivity contribution in [3.05, 3.63) is 71.4 Å². The van der Waals surface area contributed by atoms with E-state index in [1.54, 1.807) is 9.42 Å². The zero-order chi connectivity index (χ0) is 30.7. The lowest BCUT2D eigenvalue weighted by Gasteiger charge is -2.28. The van der Waals surface area contributed by atoms with Crippen molar-refractivity contribution < 1.29 is 28.2 Å². The topological polar surface area (TPSA) is 120 Å². The molecule has 1 aliphatic rings. The number of halogens is 1. The summed E-state index contributed by atoms with van der Waals surface area (Å²) >= 11 is 0. The minimum absolute atomic E-state index is 0.116. The number of ether oxygens (including phenoxy) is 3. The number of nitrogens with zero attached hydrogens (tertiary/aromatic N) is 5. The lowest BCUT2D eigenvalue weighted by molar-refractivity contribution is 0.0185. The van der Waals surface area contributed by atoms with Crippen LogP contribution in [0.2, 0.25) is 0 Å². The Balaban J connectivity index is 1.42. The Morgan fingerprint density at radius 1 is 1.16 bits per heavy atom. The van der Waals surface area contributed by atoms with Gasteiger partial charge in [-0.3, -0.25) is 0 Å². The fourth-order valence-electron chi connectivity index (χ4n) is 5.12. The summed E-state index contributed by atoms with van der Waals surface area (Å²) in [6.07, 6.45) is 3.72. The highest BCUT2D eigenvalue weighted by molar-refractivity contribution is 5.96. The molecule has 0 bridgehead atoms. The highest BCUT2D eigenvalue weighted by atomic mass is 19.1. The molecule has 0 spiro atoms. The summed E-state index contributed by atoms with van der Waals surface area (Å²) in [5, 5.41) is 7.68. The van der Waals surface area contributed by atoms with Gasteiger partial charge in [0.05, 0.1) is 31.2 Å². The van der Waals surface area contributed by atoms with Crippen LogP contribution < -0.4 is 10.1 Å². The molecule has 12 heteroatoms. The largest absolute Gasteiger partial charge is 0.475 e. The van der Waals surface area contributed by atoms with Gasteiger partial charge in [-0.05, 0) is 52.2 Å². The van der Waals surface area contributed by atoms with Gasteiger partial charge in [-0.25, -0.2) is 28.5 Å². The van der Waals surface area contributed by atoms with E-state index in [2.05, 4.69) is 15.4 Å². The summed E-state index contributed by atoms with van der Waals surface area (Å²) in [6, 6.07) is 10.8. The van der Waals surface area contributed by atoms with E-state index < -0.39 is 17.4 Å². The van der Waals surface area contributed by atoms with E-state index in [0.717, 1.165) is 35.9 Å². The Hall–Kier alpha value is -4.74. The summed E-state index contributed by atoms with van der Waals surface area (Å²) in [5.74, 6) is -0.378. The van der Waals surface area contributed by atoms with Crippen LogP contribution >= 0.6 is 0 Å². The van der Waals surface area contributed by atoms with Crippen molar-refractivity contribution in [2.24, 2.45) is 0 Å². The molecule has 0 aliphatic carbocycles. The van der Waals surface area contributed by atoms with Crippen molar-refractivity contribution in [3.8, 4) is 17.0 Å². The second-order valence-electron chi connectivity index (χ2n) is 11.3. The Morgan fingerprint density at radius 3 is 2.65 bits per heavy atom. The zero-order valence-corrected chi connectivity index (χ0v) is 24.9. The SMILES string of the molecule is COC(=O)c1cnn2c(C)c(-c3ccccc3)c(NCc3cc(F)cnc3OCC3CCCN3C(=O)OC(C)(C)C)nc12. The number of anilines is 1. The number of esters is 1. The van der Waals surface area contributed by atoms with Gasteiger partial charge in [-0.15, -0.1) is 0 Å². The first-order chi connectivity index (χ1) is 20.6. The lowest BCUT2D eigenvalue weighted by Crippen LogP contribution is -2.42. The lowest BCUT2D eigenvalue weighted by atomic mass is 10.0. The van der Waals surface area contributed by atoms with Gasteiger partial charge in [0.25, 0.3) is 0 Å². The van der Waals surface area contributed by atoms with Gasteiger partial charge < -0.3 is 24.4 Å². The van der Waals surface area contributed by atoms with Gasteiger partial charge in [0.2, 0.25) is 5.88 Å². The molecule has 11 nitrogen and oxygen atoms in total. The summed E-state index contributed by atoms with van der Waals surface area (Å²) in [6.45, 7) is 8.24. The number of likely N-dealkylation sites (tertiary alicyclic amines) is 1. The number of rotatable bonds is 8. The molecule has 4 aromatic rings. The van der Waals surface area contributed by atoms with Gasteiger partial charge in [0.15, 0.2) is 5.65 Å². The minimum Gasteiger partial charge on any atom is -0.475 e. The summed E-state index contributed by atoms with van der Waals surface area (Å²) in [4.78, 5) is 35.8. The number of benzene rings is 1. The van der Waals surface area contributed by atoms with E-state index in [9.17, 15) is 14.0 Å². The molecule has 1 N–H and O–H groups in total. The van der Waals surface area contributed by atoms with Crippen molar-refractivity contribution in [2.45, 2.75) is 58.7 Å². The van der Waals surface area contributed by atoms with E-state index in [0.29, 0.717) is 23.6 Å². The van der Waals surface area contributed by atoms with Crippen LogP contribution in [0, 0.1) is 12.7 Å². The average molecular weight is 591 g/mol. The van der Waals surface area contributed by atoms with Crippen molar-refractivity contribution in [1.82, 2.24) is 24.5 Å². The van der Waals surface area contributed by atoms with Crippen LogP contribution in [-0.2, 0) is 16.0 Å². The van der Waals surface area contributed by atoms with E-state index >= 15 is 0 Å². The molecule has 5 rings (SSSR count). The smallest absolute Gasteiger partial charge is 0.410 e. The van der Waals surface area contributed by atoms with Crippen molar-refractivity contribution in [1.29, 1.82) is 0 Å². The van der Waals surface area contributed by atoms with Gasteiger partial charge in [-0.2, -0.15) is 5.10 Å². The van der Waals surface area contributed by atoms with Crippen LogP contribution in [0.15, 0.2) is 48.8 Å². The number of hydrogen-bond donors (Lipinski definition) is 1. The third-order valence-electron chi connectivity index (χ3n) is 7.10. The molecule has 1 amide bonds. The van der Waals surface area contributed by atoms with Crippen LogP contribution in [0.25, 0.3) is 16.8 Å². The molecule has 43 heavy (non-hydrogen) atoms. The molecule has 1 atom stereocenters. The molecule has 3 aromatic heterocycles. The quantitative estimate of drug-likeness (QED) is 0.268. The Bertz CT molecular complexity index is 1640. The van der Waals surface area contributed by atoms with Crippen LogP contribution in [0.4, 0.5) is 15.0 Å². The number of nitrogens with one attached hydrogen (secondary N) is 1. The second-order valence-corrected chi connectivity index (χ2v) is 11.3. The Labute approximate surface area is 249 Å². The molecule has 1 unspecified atom stereocenters. The highest BCUT2D eigenvalue weighted by Gasteiger charge is 2.33. The monoisotopic (exact) mass is 590 g/mol. The van der Waals surface area contributed by atoms with Crippen LogP contribution in [0.3, 0.4) is 0 Å². The van der Waals surface area contributed by atoms with E-state index in [-0.39, 0.29) is 36.7 Å². The van der Waals surface area contributed by atoms with E-state index in [1.807, 2.05) is 58.0 Å². The number of hydrogen-bond acceptors (Lipinski definition) is 9. The number of carbonyl (C=O) groups excluding carboxylic acids is 2. The molecule has 1 aliphatic heterocycles. The van der Waals surface area contributed by atoms with E-state index in [1.165, 1.54) is 19.4 Å². The number of fused-ring (bicyclic) bond motifs is 1. The van der Waals surface area contributed by atoms with Crippen molar-refractivity contribution >= 4 is 23.5 Å². The fraction of sp³-hybridized carbons (Fsp3) is 0.387. The van der Waals surface area contributed by atoms with Crippen LogP contribution in [-0.4, -0.2) is 68.4 Å². The first-order valence-corrected chi connectivity index (χ1v) is 14.1. The highest BCUT2D eigenvalue weighted by Crippen LogP contribution is 2.32. The summed E-state index contributed by atoms with van der Waals surface area (Å²) in [7, 11) is 1.30. The first-order valence-electron chi connectivity index (χ1n) is 14.1. The standard InChI is InChI=1S/C31H35FN6O5/c1-19-25(20-10-7-6-8-11-20)26(36-27-24(29(39)41-5)17-35-38(19)27)33-15-21-14-22(32)16-34-28(21)42-18-23-12-9-13-37(23)30(40)43-31(2,3)4/h6-8,10-11,14,16-17,23H,9,12-13,15,18H2,1-5H3,(H,33,36). The predicted molar refractivity (Wildman–Crippen MR) is 157 cm³/mol. The third-order valence-corrected chi connectivity index (χ3v) is 7.10. The van der Waals surface area contributed by atoms with Crippen LogP contribution in [0.1, 0.15) is 55.2 Å². The van der Waals surface area contributed by atoms with E-state index in [4.69, 9.17) is 19.2 Å². The zero-order valence-electron chi connectivity index (χ0n) is 24.9. The summed E-state index contributed by atoms with van der Waals surface area (Å²) in [5.41, 5.74) is 2.78. The van der Waals surface area contributed by atoms with Crippen molar-refractivity contribution in [2.75, 3.05) is 25.6 Å². The molecule has 0 radical (unpaired) electrons. The molecule has 1 fully saturated rings. The Morgan fingerprint density at radius 2 is 1.93 bits per heavy atom. The maximum Gasteiger partial charge on any atom is 0.410 e. The summed E-state index contributed by atoms with van der Waals surface area (Å²) < 4.78 is 32.5. The molecule has 226 valence electrons. The normalized spacial score (nSPS) is 15.0. The molecule has 0 saturated carbocycles. The second kappa shape index (κ2) is 12.2. The maximum absolute atomic E-state index is 14.4.